The molecule has 0 amide bonds. The van der Waals surface area contributed by atoms with Crippen molar-refractivity contribution in [3.05, 3.63) is 71.8 Å². The van der Waals surface area contributed by atoms with Crippen LogP contribution in [0.2, 0.25) is 0 Å². The molecular weight excluding hydrogens is 296 g/mol. The Balaban J connectivity index is 1.93. The van der Waals surface area contributed by atoms with Crippen molar-refractivity contribution in [3.63, 3.8) is 0 Å². The first-order valence-corrected chi connectivity index (χ1v) is 7.91. The summed E-state index contributed by atoms with van der Waals surface area (Å²) >= 11 is 0. The highest BCUT2D eigenvalue weighted by Crippen LogP contribution is 2.42. The maximum Gasteiger partial charge on any atom is 0.261 e. The first-order valence-electron chi connectivity index (χ1n) is 7.91. The number of aliphatic hydroxyl groups excluding tert-OH is 1. The Bertz CT molecular complexity index is 618. The number of hydrogen-bond acceptors (Lipinski definition) is 2. The Hall–Kier alpha value is -1.78. The van der Waals surface area contributed by atoms with Gasteiger partial charge in [-0.3, -0.25) is 4.90 Å². The number of nitrogens with zero attached hydrogens (tertiary/aromatic N) is 1. The van der Waals surface area contributed by atoms with Crippen molar-refractivity contribution in [2.45, 2.75) is 24.9 Å². The lowest BCUT2D eigenvalue weighted by atomic mass is 9.83. The molecule has 0 radical (unpaired) electrons. The van der Waals surface area contributed by atoms with Gasteiger partial charge in [0.25, 0.3) is 5.92 Å². The van der Waals surface area contributed by atoms with Crippen molar-refractivity contribution in [1.82, 2.24) is 4.90 Å². The SMILES string of the molecule is OC[C@@H]1CC(F)(F)CN(Cc2ccccc2)[C@H]1c1ccccc1. The average molecular weight is 317 g/mol. The van der Waals surface area contributed by atoms with Gasteiger partial charge in [-0.25, -0.2) is 8.78 Å². The van der Waals surface area contributed by atoms with Crippen LogP contribution in [-0.4, -0.2) is 29.1 Å². The van der Waals surface area contributed by atoms with Crippen molar-refractivity contribution >= 4 is 0 Å². The molecule has 3 rings (SSSR count). The maximum atomic E-state index is 14.1. The highest BCUT2D eigenvalue weighted by atomic mass is 19.3. The third kappa shape index (κ3) is 3.77. The summed E-state index contributed by atoms with van der Waals surface area (Å²) < 4.78 is 28.3. The fourth-order valence-electron chi connectivity index (χ4n) is 3.52. The third-order valence-corrected chi connectivity index (χ3v) is 4.44. The zero-order valence-corrected chi connectivity index (χ0v) is 12.9. The summed E-state index contributed by atoms with van der Waals surface area (Å²) in [6.07, 6.45) is -0.269. The molecule has 0 bridgehead atoms. The molecule has 2 aromatic rings. The van der Waals surface area contributed by atoms with Gasteiger partial charge in [-0.05, 0) is 11.1 Å². The molecule has 1 fully saturated rings. The summed E-state index contributed by atoms with van der Waals surface area (Å²) in [5.74, 6) is -3.24. The quantitative estimate of drug-likeness (QED) is 0.925. The van der Waals surface area contributed by atoms with Gasteiger partial charge in [0.15, 0.2) is 0 Å². The fourth-order valence-corrected chi connectivity index (χ4v) is 3.52. The van der Waals surface area contributed by atoms with E-state index in [2.05, 4.69) is 0 Å². The van der Waals surface area contributed by atoms with Gasteiger partial charge >= 0.3 is 0 Å². The van der Waals surface area contributed by atoms with Crippen LogP contribution in [0.25, 0.3) is 0 Å². The molecule has 23 heavy (non-hydrogen) atoms. The Kier molecular flexibility index (Phi) is 4.74. The van der Waals surface area contributed by atoms with Gasteiger partial charge in [-0.2, -0.15) is 0 Å². The van der Waals surface area contributed by atoms with Gasteiger partial charge in [0.05, 0.1) is 6.54 Å². The van der Waals surface area contributed by atoms with Crippen LogP contribution >= 0.6 is 0 Å². The number of alkyl halides is 2. The fraction of sp³-hybridized carbons (Fsp3) is 0.368. The number of aliphatic hydroxyl groups is 1. The minimum Gasteiger partial charge on any atom is -0.396 e. The Morgan fingerprint density at radius 3 is 2.22 bits per heavy atom. The van der Waals surface area contributed by atoms with E-state index in [1.807, 2.05) is 60.7 Å². The zero-order valence-electron chi connectivity index (χ0n) is 12.9. The van der Waals surface area contributed by atoms with Crippen LogP contribution in [0.4, 0.5) is 8.78 Å². The monoisotopic (exact) mass is 317 g/mol. The van der Waals surface area contributed by atoms with Crippen LogP contribution in [0.5, 0.6) is 0 Å². The topological polar surface area (TPSA) is 23.5 Å². The molecule has 1 N–H and O–H groups in total. The number of benzene rings is 2. The van der Waals surface area contributed by atoms with Gasteiger partial charge in [0.2, 0.25) is 0 Å². The highest BCUT2D eigenvalue weighted by Gasteiger charge is 2.45. The second kappa shape index (κ2) is 6.77. The molecule has 122 valence electrons. The molecule has 4 heteroatoms. The second-order valence-corrected chi connectivity index (χ2v) is 6.25. The molecule has 1 saturated heterocycles. The third-order valence-electron chi connectivity index (χ3n) is 4.44. The summed E-state index contributed by atoms with van der Waals surface area (Å²) in [7, 11) is 0. The van der Waals surface area contributed by atoms with Crippen LogP contribution in [0.1, 0.15) is 23.6 Å². The Labute approximate surface area is 135 Å². The van der Waals surface area contributed by atoms with E-state index < -0.39 is 11.8 Å². The molecule has 2 nitrogen and oxygen atoms in total. The van der Waals surface area contributed by atoms with E-state index in [-0.39, 0.29) is 25.6 Å². The van der Waals surface area contributed by atoms with E-state index in [1.54, 1.807) is 4.90 Å². The Morgan fingerprint density at radius 1 is 1.00 bits per heavy atom. The minimum absolute atomic E-state index is 0.193. The Morgan fingerprint density at radius 2 is 1.61 bits per heavy atom. The molecule has 1 heterocycles. The lowest BCUT2D eigenvalue weighted by Crippen LogP contribution is -2.49. The van der Waals surface area contributed by atoms with Crippen LogP contribution in [-0.2, 0) is 6.54 Å². The second-order valence-electron chi connectivity index (χ2n) is 6.25. The summed E-state index contributed by atoms with van der Waals surface area (Å²) in [5.41, 5.74) is 1.99. The molecular formula is C19H21F2NO. The lowest BCUT2D eigenvalue weighted by molar-refractivity contribution is -0.120. The number of piperidine rings is 1. The van der Waals surface area contributed by atoms with Crippen molar-refractivity contribution in [1.29, 1.82) is 0 Å². The van der Waals surface area contributed by atoms with Crippen molar-refractivity contribution < 1.29 is 13.9 Å². The van der Waals surface area contributed by atoms with E-state index in [0.717, 1.165) is 11.1 Å². The molecule has 0 unspecified atom stereocenters. The zero-order chi connectivity index (χ0) is 16.3. The first kappa shape index (κ1) is 16.1. The van der Waals surface area contributed by atoms with Gasteiger partial charge < -0.3 is 5.11 Å². The van der Waals surface area contributed by atoms with Crippen LogP contribution < -0.4 is 0 Å². The van der Waals surface area contributed by atoms with Gasteiger partial charge in [-0.15, -0.1) is 0 Å². The van der Waals surface area contributed by atoms with E-state index in [4.69, 9.17) is 0 Å². The van der Waals surface area contributed by atoms with Crippen molar-refractivity contribution in [2.75, 3.05) is 13.2 Å². The normalized spacial score (nSPS) is 24.5. The van der Waals surface area contributed by atoms with E-state index in [0.29, 0.717) is 6.54 Å². The van der Waals surface area contributed by atoms with Crippen molar-refractivity contribution in [3.8, 4) is 0 Å². The molecule has 0 aromatic heterocycles. The van der Waals surface area contributed by atoms with Gasteiger partial charge in [0, 0.05) is 31.5 Å². The molecule has 0 spiro atoms. The molecule has 0 aliphatic carbocycles. The minimum atomic E-state index is -2.77. The van der Waals surface area contributed by atoms with Gasteiger partial charge in [-0.1, -0.05) is 60.7 Å². The number of hydrogen-bond donors (Lipinski definition) is 1. The molecule has 2 aromatic carbocycles. The van der Waals surface area contributed by atoms with Gasteiger partial charge in [0.1, 0.15) is 0 Å². The van der Waals surface area contributed by atoms with Crippen LogP contribution in [0.15, 0.2) is 60.7 Å². The van der Waals surface area contributed by atoms with Crippen LogP contribution in [0, 0.1) is 5.92 Å². The first-order chi connectivity index (χ1) is 11.1. The predicted molar refractivity (Wildman–Crippen MR) is 86.2 cm³/mol. The predicted octanol–water partition coefficient (Wildman–Crippen LogP) is 3.88. The molecule has 1 aliphatic heterocycles. The molecule has 1 aliphatic rings. The summed E-state index contributed by atoms with van der Waals surface area (Å²) in [4.78, 5) is 1.80. The molecule has 2 atom stereocenters. The summed E-state index contributed by atoms with van der Waals surface area (Å²) in [6.45, 7) is -0.0646. The average Bonchev–Trinajstić information content (AvgIpc) is 2.55. The summed E-state index contributed by atoms with van der Waals surface area (Å²) in [5, 5.41) is 9.68. The lowest BCUT2D eigenvalue weighted by Gasteiger charge is -2.44. The van der Waals surface area contributed by atoms with E-state index in [1.165, 1.54) is 0 Å². The molecule has 0 saturated carbocycles. The smallest absolute Gasteiger partial charge is 0.261 e. The number of halogens is 2. The highest BCUT2D eigenvalue weighted by molar-refractivity contribution is 5.22. The summed E-state index contributed by atoms with van der Waals surface area (Å²) in [6, 6.07) is 19.1. The standard InChI is InChI=1S/C19H21F2NO/c20-19(21)11-17(13-23)18(16-9-5-2-6-10-16)22(14-19)12-15-7-3-1-4-8-15/h1-10,17-18,23H,11-14H2/t17-,18-/m0/s1. The van der Waals surface area contributed by atoms with E-state index in [9.17, 15) is 13.9 Å². The number of likely N-dealkylation sites (tertiary alicyclic amines) is 1. The number of rotatable bonds is 4. The largest absolute Gasteiger partial charge is 0.396 e. The van der Waals surface area contributed by atoms with E-state index >= 15 is 0 Å². The van der Waals surface area contributed by atoms with Crippen LogP contribution in [0.3, 0.4) is 0 Å². The maximum absolute atomic E-state index is 14.1. The van der Waals surface area contributed by atoms with Crippen molar-refractivity contribution in [2.24, 2.45) is 5.92 Å².